The molecule has 3 unspecified atom stereocenters. The summed E-state index contributed by atoms with van der Waals surface area (Å²) in [5, 5.41) is 9.92. The minimum absolute atomic E-state index is 0.113. The van der Waals surface area contributed by atoms with Gasteiger partial charge in [-0.3, -0.25) is 0 Å². The summed E-state index contributed by atoms with van der Waals surface area (Å²) in [6, 6.07) is 68.5. The summed E-state index contributed by atoms with van der Waals surface area (Å²) in [5.41, 5.74) is 9.65. The van der Waals surface area contributed by atoms with E-state index in [9.17, 15) is 0 Å². The number of benzene rings is 9. The van der Waals surface area contributed by atoms with Gasteiger partial charge in [0.1, 0.15) is 11.9 Å². The van der Waals surface area contributed by atoms with Gasteiger partial charge in [0.25, 0.3) is 0 Å². The lowest BCUT2D eigenvalue weighted by Crippen LogP contribution is -2.35. The van der Waals surface area contributed by atoms with Gasteiger partial charge < -0.3 is 14.5 Å². The molecular weight excluding hydrogens is 773 g/mol. The van der Waals surface area contributed by atoms with Gasteiger partial charge in [0, 0.05) is 66.1 Å². The minimum atomic E-state index is -0.113. The molecule has 4 heteroatoms. The first-order valence-corrected chi connectivity index (χ1v) is 22.4. The van der Waals surface area contributed by atoms with E-state index in [-0.39, 0.29) is 17.9 Å². The summed E-state index contributed by atoms with van der Waals surface area (Å²) in [6.07, 6.45) is 10.2. The molecule has 9 aromatic carbocycles. The molecule has 3 atom stereocenters. The van der Waals surface area contributed by atoms with Gasteiger partial charge in [-0.1, -0.05) is 164 Å². The van der Waals surface area contributed by atoms with Gasteiger partial charge in [0.05, 0.1) is 21.8 Å². The minimum Gasteiger partial charge on any atom is -0.484 e. The summed E-state index contributed by atoms with van der Waals surface area (Å²) in [4.78, 5) is 4.93. The highest BCUT2D eigenvalue weighted by molar-refractivity contribution is 7.26. The molecule has 0 saturated carbocycles. The van der Waals surface area contributed by atoms with Gasteiger partial charge in [-0.2, -0.15) is 0 Å². The van der Waals surface area contributed by atoms with Crippen LogP contribution in [0.15, 0.2) is 224 Å². The second-order valence-corrected chi connectivity index (χ2v) is 17.7. The van der Waals surface area contributed by atoms with Crippen molar-refractivity contribution in [2.45, 2.75) is 18.4 Å². The third-order valence-corrected chi connectivity index (χ3v) is 14.5. The number of ether oxygens (including phenoxy) is 1. The zero-order valence-corrected chi connectivity index (χ0v) is 34.7. The fraction of sp³-hybridized carbons (Fsp3) is 0.0690. The molecule has 0 radical (unpaired) electrons. The standard InChI is InChI=1S/C58H40N2OS/c1-3-21-39(22-4-1)59(49-31-15-19-37-17-7-9-25-41(37)49)51-35-53-55(45-29-13-11-27-43(45)51)47-33-34-48-56-46-30-14-12-28-44(46)52(36-54(56)62-58(48)57(47)61-53)60(40-23-5-2-6-24-40)50-32-16-20-38-18-8-10-26-42(38)50/h1-28,30-36,45,53,55H,29H2. The number of rotatable bonds is 6. The van der Waals surface area contributed by atoms with E-state index in [0.717, 1.165) is 29.2 Å². The van der Waals surface area contributed by atoms with Crippen LogP contribution >= 0.6 is 11.3 Å². The van der Waals surface area contributed by atoms with Crippen LogP contribution in [0.25, 0.3) is 52.5 Å². The molecule has 0 spiro atoms. The maximum atomic E-state index is 7.36. The van der Waals surface area contributed by atoms with Gasteiger partial charge >= 0.3 is 0 Å². The topological polar surface area (TPSA) is 15.7 Å². The first-order chi connectivity index (χ1) is 30.8. The van der Waals surface area contributed by atoms with Gasteiger partial charge in [0.15, 0.2) is 0 Å². The fourth-order valence-electron chi connectivity index (χ4n) is 10.7. The zero-order valence-electron chi connectivity index (χ0n) is 33.9. The molecule has 3 nitrogen and oxygen atoms in total. The molecule has 3 aliphatic rings. The van der Waals surface area contributed by atoms with Crippen LogP contribution in [0.3, 0.4) is 0 Å². The highest BCUT2D eigenvalue weighted by Crippen LogP contribution is 2.58. The van der Waals surface area contributed by atoms with Crippen molar-refractivity contribution in [3.63, 3.8) is 0 Å². The Balaban J connectivity index is 1.00. The van der Waals surface area contributed by atoms with Crippen LogP contribution in [0.4, 0.5) is 28.4 Å². The fourth-order valence-corrected chi connectivity index (χ4v) is 12.0. The number of anilines is 5. The van der Waals surface area contributed by atoms with E-state index in [4.69, 9.17) is 4.74 Å². The van der Waals surface area contributed by atoms with Gasteiger partial charge in [0.2, 0.25) is 0 Å². The molecule has 10 aromatic rings. The lowest BCUT2D eigenvalue weighted by atomic mass is 9.70. The SMILES string of the molecule is C1=CCC2C(=C1)C(N(c1ccccc1)c1cccc3ccccc13)=CC1Oc3c(ccc4c3sc3cc(N(c5ccccc5)c5cccc6ccccc56)c5ccccc5c34)C12. The molecule has 62 heavy (non-hydrogen) atoms. The van der Waals surface area contributed by atoms with Crippen LogP contribution < -0.4 is 14.5 Å². The van der Waals surface area contributed by atoms with E-state index < -0.39 is 0 Å². The van der Waals surface area contributed by atoms with Crippen LogP contribution in [0.1, 0.15) is 17.9 Å². The van der Waals surface area contributed by atoms with Gasteiger partial charge in [-0.05, 0) is 76.7 Å². The molecule has 1 aromatic heterocycles. The maximum absolute atomic E-state index is 7.36. The molecule has 13 rings (SSSR count). The Hall–Kier alpha value is -7.40. The molecule has 0 N–H and O–H groups in total. The molecule has 0 amide bonds. The Labute approximate surface area is 364 Å². The summed E-state index contributed by atoms with van der Waals surface area (Å²) in [7, 11) is 0. The predicted molar refractivity (Wildman–Crippen MR) is 262 cm³/mol. The highest BCUT2D eigenvalue weighted by Gasteiger charge is 2.46. The first kappa shape index (κ1) is 35.4. The molecule has 2 aliphatic carbocycles. The Bertz CT molecular complexity index is 3500. The number of nitrogens with zero attached hydrogens (tertiary/aromatic N) is 2. The highest BCUT2D eigenvalue weighted by atomic mass is 32.1. The third kappa shape index (κ3) is 5.36. The molecule has 294 valence electrons. The predicted octanol–water partition coefficient (Wildman–Crippen LogP) is 16.1. The Morgan fingerprint density at radius 3 is 1.82 bits per heavy atom. The van der Waals surface area contributed by atoms with Crippen molar-refractivity contribution in [2.75, 3.05) is 9.80 Å². The average molecular weight is 813 g/mol. The quantitative estimate of drug-likeness (QED) is 0.166. The molecular formula is C58H40N2OS. The molecule has 0 saturated heterocycles. The number of hydrogen-bond acceptors (Lipinski definition) is 4. The van der Waals surface area contributed by atoms with E-state index in [1.165, 1.54) is 80.7 Å². The third-order valence-electron chi connectivity index (χ3n) is 13.4. The normalized spacial score (nSPS) is 17.7. The Kier molecular flexibility index (Phi) is 8.04. The second-order valence-electron chi connectivity index (χ2n) is 16.7. The van der Waals surface area contributed by atoms with Crippen molar-refractivity contribution in [3.05, 3.63) is 229 Å². The Morgan fingerprint density at radius 2 is 1.11 bits per heavy atom. The molecule has 0 fully saturated rings. The summed E-state index contributed by atoms with van der Waals surface area (Å²) in [6.45, 7) is 0. The van der Waals surface area contributed by atoms with Gasteiger partial charge in [-0.15, -0.1) is 11.3 Å². The van der Waals surface area contributed by atoms with Crippen LogP contribution in [0.5, 0.6) is 5.75 Å². The van der Waals surface area contributed by atoms with Crippen molar-refractivity contribution < 1.29 is 4.74 Å². The van der Waals surface area contributed by atoms with Crippen LogP contribution in [0, 0.1) is 5.92 Å². The average Bonchev–Trinajstić information content (AvgIpc) is 3.91. The smallest absolute Gasteiger partial charge is 0.141 e. The number of thiophene rings is 1. The zero-order chi connectivity index (χ0) is 40.7. The number of fused-ring (bicyclic) bond motifs is 13. The van der Waals surface area contributed by atoms with Crippen molar-refractivity contribution in [1.82, 2.24) is 0 Å². The number of hydrogen-bond donors (Lipinski definition) is 0. The first-order valence-electron chi connectivity index (χ1n) is 21.6. The van der Waals surface area contributed by atoms with Crippen molar-refractivity contribution in [2.24, 2.45) is 5.92 Å². The largest absolute Gasteiger partial charge is 0.484 e. The van der Waals surface area contributed by atoms with Crippen molar-refractivity contribution in [3.8, 4) is 5.75 Å². The maximum Gasteiger partial charge on any atom is 0.141 e. The number of allylic oxidation sites excluding steroid dienone is 4. The van der Waals surface area contributed by atoms with E-state index in [2.05, 4.69) is 222 Å². The van der Waals surface area contributed by atoms with Crippen molar-refractivity contribution >= 4 is 92.3 Å². The summed E-state index contributed by atoms with van der Waals surface area (Å²) in [5.74, 6) is 1.52. The van der Waals surface area contributed by atoms with E-state index in [1.54, 1.807) is 0 Å². The van der Waals surface area contributed by atoms with Crippen LogP contribution in [0.2, 0.25) is 0 Å². The molecule has 0 bridgehead atoms. The second kappa shape index (κ2) is 14.1. The van der Waals surface area contributed by atoms with Crippen molar-refractivity contribution in [1.29, 1.82) is 0 Å². The summed E-state index contributed by atoms with van der Waals surface area (Å²) >= 11 is 1.87. The van der Waals surface area contributed by atoms with E-state index >= 15 is 0 Å². The number of para-hydroxylation sites is 2. The van der Waals surface area contributed by atoms with Crippen LogP contribution in [-0.2, 0) is 0 Å². The van der Waals surface area contributed by atoms with E-state index in [1.807, 2.05) is 11.3 Å². The van der Waals surface area contributed by atoms with Crippen LogP contribution in [-0.4, -0.2) is 6.10 Å². The monoisotopic (exact) mass is 812 g/mol. The van der Waals surface area contributed by atoms with Gasteiger partial charge in [-0.25, -0.2) is 0 Å². The lowest BCUT2D eigenvalue weighted by molar-refractivity contribution is 0.225. The Morgan fingerprint density at radius 1 is 0.516 bits per heavy atom. The summed E-state index contributed by atoms with van der Waals surface area (Å²) < 4.78 is 9.85. The molecule has 1 aliphatic heterocycles. The van der Waals surface area contributed by atoms with E-state index in [0.29, 0.717) is 0 Å². The molecule has 2 heterocycles. The lowest BCUT2D eigenvalue weighted by Gasteiger charge is -2.40.